The van der Waals surface area contributed by atoms with Gasteiger partial charge in [-0.2, -0.15) is 13.2 Å². The van der Waals surface area contributed by atoms with Crippen molar-refractivity contribution in [2.75, 3.05) is 6.61 Å². The molecule has 1 aliphatic rings. The van der Waals surface area contributed by atoms with Gasteiger partial charge in [0.1, 0.15) is 0 Å². The van der Waals surface area contributed by atoms with Crippen LogP contribution in [0, 0.1) is 5.92 Å². The molecule has 0 bridgehead atoms. The molecule has 0 aliphatic carbocycles. The molecule has 6 heteroatoms. The van der Waals surface area contributed by atoms with E-state index in [2.05, 4.69) is 0 Å². The number of halogens is 3. The van der Waals surface area contributed by atoms with Crippen LogP contribution in [0.25, 0.3) is 0 Å². The van der Waals surface area contributed by atoms with E-state index in [1.807, 2.05) is 0 Å². The molecule has 14 heavy (non-hydrogen) atoms. The van der Waals surface area contributed by atoms with Crippen LogP contribution in [0.1, 0.15) is 19.3 Å². The average Bonchev–Trinajstić information content (AvgIpc) is 2.48. The minimum Gasteiger partial charge on any atom is -0.550 e. The molecule has 0 radical (unpaired) electrons. The number of rotatable bonds is 3. The SMILES string of the molecule is O=C([O-])[C@@H](C[C@@H]1CCCO1)C(F)(F)F. The fourth-order valence-electron chi connectivity index (χ4n) is 1.46. The highest BCUT2D eigenvalue weighted by molar-refractivity contribution is 5.68. The number of alkyl halides is 3. The van der Waals surface area contributed by atoms with E-state index in [0.717, 1.165) is 0 Å². The Labute approximate surface area is 78.9 Å². The number of carbonyl (C=O) groups is 1. The Bertz CT molecular complexity index is 208. The van der Waals surface area contributed by atoms with Crippen molar-refractivity contribution < 1.29 is 27.8 Å². The largest absolute Gasteiger partial charge is 0.550 e. The van der Waals surface area contributed by atoms with E-state index in [9.17, 15) is 23.1 Å². The predicted molar refractivity (Wildman–Crippen MR) is 38.1 cm³/mol. The Balaban J connectivity index is 2.55. The molecular formula is C8H10F3O3-. The van der Waals surface area contributed by atoms with Gasteiger partial charge in [0, 0.05) is 6.61 Å². The number of carboxylic acids is 1. The van der Waals surface area contributed by atoms with Crippen LogP contribution in [-0.2, 0) is 9.53 Å². The monoisotopic (exact) mass is 211 g/mol. The van der Waals surface area contributed by atoms with Crippen LogP contribution in [-0.4, -0.2) is 24.9 Å². The van der Waals surface area contributed by atoms with Crippen molar-refractivity contribution in [1.82, 2.24) is 0 Å². The average molecular weight is 211 g/mol. The lowest BCUT2D eigenvalue weighted by Gasteiger charge is -2.23. The summed E-state index contributed by atoms with van der Waals surface area (Å²) in [6.45, 7) is 0.405. The Morgan fingerprint density at radius 1 is 1.57 bits per heavy atom. The molecule has 0 N–H and O–H groups in total. The number of aliphatic carboxylic acids is 1. The second-order valence-electron chi connectivity index (χ2n) is 3.28. The third-order valence-corrected chi connectivity index (χ3v) is 2.20. The summed E-state index contributed by atoms with van der Waals surface area (Å²) < 4.78 is 41.4. The second kappa shape index (κ2) is 4.16. The maximum absolute atomic E-state index is 12.1. The number of ether oxygens (including phenoxy) is 1. The first kappa shape index (κ1) is 11.3. The maximum atomic E-state index is 12.1. The van der Waals surface area contributed by atoms with Gasteiger partial charge in [-0.05, 0) is 19.3 Å². The van der Waals surface area contributed by atoms with E-state index in [1.54, 1.807) is 0 Å². The summed E-state index contributed by atoms with van der Waals surface area (Å²) in [5.74, 6) is -4.49. The van der Waals surface area contributed by atoms with Crippen molar-refractivity contribution in [3.63, 3.8) is 0 Å². The highest BCUT2D eigenvalue weighted by atomic mass is 19.4. The third-order valence-electron chi connectivity index (χ3n) is 2.20. The molecule has 1 aliphatic heterocycles. The molecule has 0 saturated carbocycles. The van der Waals surface area contributed by atoms with Crippen molar-refractivity contribution in [1.29, 1.82) is 0 Å². The fraction of sp³-hybridized carbons (Fsp3) is 0.875. The Morgan fingerprint density at radius 2 is 2.21 bits per heavy atom. The fourth-order valence-corrected chi connectivity index (χ4v) is 1.46. The van der Waals surface area contributed by atoms with Crippen molar-refractivity contribution in [2.45, 2.75) is 31.5 Å². The van der Waals surface area contributed by atoms with Gasteiger partial charge in [-0.3, -0.25) is 0 Å². The van der Waals surface area contributed by atoms with Crippen molar-refractivity contribution in [3.8, 4) is 0 Å². The van der Waals surface area contributed by atoms with Crippen molar-refractivity contribution in [3.05, 3.63) is 0 Å². The number of hydrogen-bond acceptors (Lipinski definition) is 3. The van der Waals surface area contributed by atoms with Gasteiger partial charge in [-0.25, -0.2) is 0 Å². The number of hydrogen-bond donors (Lipinski definition) is 0. The summed E-state index contributed by atoms with van der Waals surface area (Å²) in [7, 11) is 0. The molecule has 82 valence electrons. The molecule has 1 rings (SSSR count). The van der Waals surface area contributed by atoms with Crippen LogP contribution in [0.3, 0.4) is 0 Å². The van der Waals surface area contributed by atoms with Crippen molar-refractivity contribution in [2.24, 2.45) is 5.92 Å². The molecule has 0 spiro atoms. The molecule has 3 nitrogen and oxygen atoms in total. The van der Waals surface area contributed by atoms with Gasteiger partial charge in [0.15, 0.2) is 0 Å². The summed E-state index contributed by atoms with van der Waals surface area (Å²) >= 11 is 0. The summed E-state index contributed by atoms with van der Waals surface area (Å²) in [5.41, 5.74) is 0. The van der Waals surface area contributed by atoms with Crippen LogP contribution in [0.5, 0.6) is 0 Å². The first-order valence-corrected chi connectivity index (χ1v) is 4.30. The van der Waals surface area contributed by atoms with Gasteiger partial charge in [-0.15, -0.1) is 0 Å². The third kappa shape index (κ3) is 2.87. The van der Waals surface area contributed by atoms with E-state index < -0.39 is 30.6 Å². The zero-order valence-corrected chi connectivity index (χ0v) is 7.34. The first-order valence-electron chi connectivity index (χ1n) is 4.30. The lowest BCUT2D eigenvalue weighted by molar-refractivity contribution is -0.327. The van der Waals surface area contributed by atoms with E-state index in [4.69, 9.17) is 4.74 Å². The second-order valence-corrected chi connectivity index (χ2v) is 3.28. The lowest BCUT2D eigenvalue weighted by atomic mass is 9.99. The van der Waals surface area contributed by atoms with Crippen LogP contribution >= 0.6 is 0 Å². The molecular weight excluding hydrogens is 201 g/mol. The molecule has 1 heterocycles. The molecule has 0 aromatic rings. The molecule has 2 atom stereocenters. The zero-order valence-electron chi connectivity index (χ0n) is 7.34. The zero-order chi connectivity index (χ0) is 10.8. The van der Waals surface area contributed by atoms with E-state index in [1.165, 1.54) is 0 Å². The topological polar surface area (TPSA) is 49.4 Å². The highest BCUT2D eigenvalue weighted by Crippen LogP contribution is 2.32. The predicted octanol–water partition coefficient (Wildman–Crippen LogP) is 0.484. The quantitative estimate of drug-likeness (QED) is 0.682. The molecule has 1 saturated heterocycles. The molecule has 1 fully saturated rings. The number of carboxylic acid groups (broad SMARTS) is 1. The molecule has 0 amide bonds. The highest BCUT2D eigenvalue weighted by Gasteiger charge is 2.42. The summed E-state index contributed by atoms with van der Waals surface area (Å²) in [5, 5.41) is 10.2. The molecule has 0 aromatic carbocycles. The maximum Gasteiger partial charge on any atom is 0.397 e. The van der Waals surface area contributed by atoms with Crippen LogP contribution in [0.4, 0.5) is 13.2 Å². The van der Waals surface area contributed by atoms with Gasteiger partial charge in [-0.1, -0.05) is 0 Å². The van der Waals surface area contributed by atoms with Crippen LogP contribution in [0.15, 0.2) is 0 Å². The normalized spacial score (nSPS) is 24.9. The number of carbonyl (C=O) groups excluding carboxylic acids is 1. The summed E-state index contributed by atoms with van der Waals surface area (Å²) in [4.78, 5) is 10.2. The first-order chi connectivity index (χ1) is 6.41. The Kier molecular flexibility index (Phi) is 3.36. The minimum atomic E-state index is -4.75. The van der Waals surface area contributed by atoms with E-state index in [-0.39, 0.29) is 0 Å². The van der Waals surface area contributed by atoms with E-state index in [0.29, 0.717) is 19.4 Å². The van der Waals surface area contributed by atoms with Crippen LogP contribution < -0.4 is 5.11 Å². The molecule has 0 aromatic heterocycles. The van der Waals surface area contributed by atoms with Gasteiger partial charge < -0.3 is 14.6 Å². The Hall–Kier alpha value is -0.780. The standard InChI is InChI=1S/C8H11F3O3/c9-8(10,11)6(7(12)13)4-5-2-1-3-14-5/h5-6H,1-4H2,(H,12,13)/p-1/t5-,6+/m0/s1. The van der Waals surface area contributed by atoms with Crippen LogP contribution in [0.2, 0.25) is 0 Å². The summed E-state index contributed by atoms with van der Waals surface area (Å²) in [6.07, 6.45) is -4.71. The van der Waals surface area contributed by atoms with Gasteiger partial charge >= 0.3 is 6.18 Å². The van der Waals surface area contributed by atoms with Gasteiger partial charge in [0.2, 0.25) is 0 Å². The molecule has 0 unspecified atom stereocenters. The van der Waals surface area contributed by atoms with Crippen molar-refractivity contribution >= 4 is 5.97 Å². The van der Waals surface area contributed by atoms with Gasteiger partial charge in [0.05, 0.1) is 18.0 Å². The van der Waals surface area contributed by atoms with Gasteiger partial charge in [0.25, 0.3) is 0 Å². The lowest BCUT2D eigenvalue weighted by Crippen LogP contribution is -2.42. The van der Waals surface area contributed by atoms with E-state index >= 15 is 0 Å². The Morgan fingerprint density at radius 3 is 2.57 bits per heavy atom. The minimum absolute atomic E-state index is 0.405. The summed E-state index contributed by atoms with van der Waals surface area (Å²) in [6, 6.07) is 0. The smallest absolute Gasteiger partial charge is 0.397 e.